The van der Waals surface area contributed by atoms with Gasteiger partial charge in [-0.15, -0.1) is 0 Å². The van der Waals surface area contributed by atoms with Crippen molar-refractivity contribution in [3.8, 4) is 11.1 Å². The van der Waals surface area contributed by atoms with Crippen LogP contribution in [-0.2, 0) is 0 Å². The maximum atomic E-state index is 8.30. The van der Waals surface area contributed by atoms with Crippen LogP contribution in [0.3, 0.4) is 0 Å². The fraction of sp³-hybridized carbons (Fsp3) is 0.160. The Balaban J connectivity index is 1.60. The molecule has 1 fully saturated rings. The lowest BCUT2D eigenvalue weighted by Gasteiger charge is -2.22. The SMILES string of the molecule is CN(c1ccc(Cl)c(-c2ccc(C3CC3)cc2)c1)c1nc(=N)n(C=N)c2cc(Cl)ccc12. The molecule has 4 aromatic rings. The molecule has 5 nitrogen and oxygen atoms in total. The van der Waals surface area contributed by atoms with E-state index in [9.17, 15) is 0 Å². The van der Waals surface area contributed by atoms with Gasteiger partial charge in [0.15, 0.2) is 0 Å². The zero-order valence-electron chi connectivity index (χ0n) is 17.4. The van der Waals surface area contributed by atoms with Gasteiger partial charge >= 0.3 is 0 Å². The third-order valence-electron chi connectivity index (χ3n) is 5.95. The third kappa shape index (κ3) is 3.68. The molecule has 0 amide bonds. The molecule has 1 heterocycles. The summed E-state index contributed by atoms with van der Waals surface area (Å²) in [6.45, 7) is 0. The normalized spacial score (nSPS) is 13.3. The first kappa shape index (κ1) is 20.7. The Bertz CT molecular complexity index is 1400. The second kappa shape index (κ2) is 8.08. The van der Waals surface area contributed by atoms with E-state index in [-0.39, 0.29) is 5.62 Å². The smallest absolute Gasteiger partial charge is 0.229 e. The van der Waals surface area contributed by atoms with E-state index in [0.29, 0.717) is 27.3 Å². The van der Waals surface area contributed by atoms with Crippen molar-refractivity contribution < 1.29 is 0 Å². The number of halogens is 2. The molecule has 0 bridgehead atoms. The number of hydrogen-bond donors (Lipinski definition) is 2. The molecular weight excluding hydrogens is 441 g/mol. The van der Waals surface area contributed by atoms with Gasteiger partial charge < -0.3 is 4.90 Å². The molecule has 160 valence electrons. The van der Waals surface area contributed by atoms with Gasteiger partial charge in [0.05, 0.1) is 11.9 Å². The maximum Gasteiger partial charge on any atom is 0.229 e. The van der Waals surface area contributed by atoms with Gasteiger partial charge in [0.1, 0.15) is 5.82 Å². The van der Waals surface area contributed by atoms with Crippen molar-refractivity contribution in [3.05, 3.63) is 81.9 Å². The molecule has 32 heavy (non-hydrogen) atoms. The topological polar surface area (TPSA) is 68.8 Å². The molecule has 1 aromatic heterocycles. The molecule has 7 heteroatoms. The summed E-state index contributed by atoms with van der Waals surface area (Å²) in [7, 11) is 1.91. The predicted octanol–water partition coefficient (Wildman–Crippen LogP) is 6.59. The van der Waals surface area contributed by atoms with Crippen LogP contribution in [0.2, 0.25) is 10.0 Å². The Morgan fingerprint density at radius 1 is 1.03 bits per heavy atom. The standard InChI is InChI=1S/C25H21Cl2N5/c1-31(24-20-10-8-18(26)12-23(20)32(14-28)25(29)30-24)19-9-11-22(27)21(13-19)17-6-4-16(5-7-17)15-2-3-15/h4-15,28-29H,2-3H2,1H3. The molecule has 0 spiro atoms. The van der Waals surface area contributed by atoms with E-state index in [1.54, 1.807) is 12.1 Å². The van der Waals surface area contributed by atoms with Crippen molar-refractivity contribution in [1.29, 1.82) is 10.8 Å². The number of nitrogens with zero attached hydrogens (tertiary/aromatic N) is 3. The van der Waals surface area contributed by atoms with Crippen LogP contribution in [0.5, 0.6) is 0 Å². The molecule has 2 N–H and O–H groups in total. The lowest BCUT2D eigenvalue weighted by Crippen LogP contribution is -2.26. The maximum absolute atomic E-state index is 8.30. The molecule has 0 saturated heterocycles. The van der Waals surface area contributed by atoms with Crippen LogP contribution in [0.1, 0.15) is 24.3 Å². The average Bonchev–Trinajstić information content (AvgIpc) is 3.64. The van der Waals surface area contributed by atoms with E-state index in [4.69, 9.17) is 34.0 Å². The highest BCUT2D eigenvalue weighted by molar-refractivity contribution is 6.33. The van der Waals surface area contributed by atoms with E-state index >= 15 is 0 Å². The minimum Gasteiger partial charge on any atom is -0.329 e. The first-order chi connectivity index (χ1) is 15.5. The molecule has 0 unspecified atom stereocenters. The molecule has 5 rings (SSSR count). The van der Waals surface area contributed by atoms with Gasteiger partial charge in [-0.1, -0.05) is 47.5 Å². The summed E-state index contributed by atoms with van der Waals surface area (Å²) >= 11 is 12.8. The lowest BCUT2D eigenvalue weighted by atomic mass is 10.0. The van der Waals surface area contributed by atoms with Crippen LogP contribution in [0.25, 0.3) is 22.0 Å². The summed E-state index contributed by atoms with van der Waals surface area (Å²) < 4.78 is 1.40. The Morgan fingerprint density at radius 3 is 2.47 bits per heavy atom. The van der Waals surface area contributed by atoms with Gasteiger partial charge in [-0.3, -0.25) is 15.4 Å². The number of aromatic nitrogens is 2. The first-order valence-corrected chi connectivity index (χ1v) is 11.1. The van der Waals surface area contributed by atoms with Crippen molar-refractivity contribution in [2.75, 3.05) is 11.9 Å². The van der Waals surface area contributed by atoms with E-state index < -0.39 is 0 Å². The van der Waals surface area contributed by atoms with Crippen molar-refractivity contribution in [2.24, 2.45) is 0 Å². The minimum atomic E-state index is -0.0403. The number of rotatable bonds is 5. The lowest BCUT2D eigenvalue weighted by molar-refractivity contribution is 0.915. The minimum absolute atomic E-state index is 0.0403. The summed E-state index contributed by atoms with van der Waals surface area (Å²) in [4.78, 5) is 6.40. The van der Waals surface area contributed by atoms with E-state index in [0.717, 1.165) is 28.5 Å². The van der Waals surface area contributed by atoms with Crippen molar-refractivity contribution in [3.63, 3.8) is 0 Å². The van der Waals surface area contributed by atoms with Crippen molar-refractivity contribution in [2.45, 2.75) is 18.8 Å². The molecular formula is C25H21Cl2N5. The Labute approximate surface area is 195 Å². The zero-order chi connectivity index (χ0) is 22.4. The van der Waals surface area contributed by atoms with Gasteiger partial charge in [0.25, 0.3) is 0 Å². The second-order valence-electron chi connectivity index (χ2n) is 8.04. The summed E-state index contributed by atoms with van der Waals surface area (Å²) in [5, 5.41) is 18.0. The fourth-order valence-electron chi connectivity index (χ4n) is 4.02. The third-order valence-corrected chi connectivity index (χ3v) is 6.52. The Hall–Kier alpha value is -3.15. The monoisotopic (exact) mass is 461 g/mol. The van der Waals surface area contributed by atoms with Crippen LogP contribution in [0.4, 0.5) is 11.5 Å². The van der Waals surface area contributed by atoms with Crippen molar-refractivity contribution in [1.82, 2.24) is 9.55 Å². The molecule has 0 atom stereocenters. The van der Waals surface area contributed by atoms with Gasteiger partial charge in [-0.25, -0.2) is 0 Å². The number of fused-ring (bicyclic) bond motifs is 1. The number of nitrogens with one attached hydrogen (secondary N) is 2. The van der Waals surface area contributed by atoms with Gasteiger partial charge in [0, 0.05) is 33.7 Å². The van der Waals surface area contributed by atoms with Gasteiger partial charge in [-0.05, 0) is 66.3 Å². The molecule has 0 radical (unpaired) electrons. The largest absolute Gasteiger partial charge is 0.329 e. The number of anilines is 2. The molecule has 1 saturated carbocycles. The highest BCUT2D eigenvalue weighted by Crippen LogP contribution is 2.41. The Morgan fingerprint density at radius 2 is 1.78 bits per heavy atom. The summed E-state index contributed by atoms with van der Waals surface area (Å²) in [6, 6.07) is 19.9. The Kier molecular flexibility index (Phi) is 5.24. The molecule has 0 aliphatic heterocycles. The van der Waals surface area contributed by atoms with E-state index in [1.807, 2.05) is 36.2 Å². The van der Waals surface area contributed by atoms with Crippen LogP contribution >= 0.6 is 23.2 Å². The summed E-state index contributed by atoms with van der Waals surface area (Å²) in [5.41, 5.74) is 4.91. The number of benzene rings is 3. The zero-order valence-corrected chi connectivity index (χ0v) is 19.0. The van der Waals surface area contributed by atoms with E-state index in [2.05, 4.69) is 29.2 Å². The highest BCUT2D eigenvalue weighted by atomic mass is 35.5. The fourth-order valence-corrected chi connectivity index (χ4v) is 4.42. The van der Waals surface area contributed by atoms with Crippen LogP contribution in [0, 0.1) is 10.8 Å². The molecule has 1 aliphatic carbocycles. The van der Waals surface area contributed by atoms with Crippen LogP contribution < -0.4 is 10.5 Å². The first-order valence-electron chi connectivity index (χ1n) is 10.4. The molecule has 3 aromatic carbocycles. The highest BCUT2D eigenvalue weighted by Gasteiger charge is 2.23. The quantitative estimate of drug-likeness (QED) is 0.260. The second-order valence-corrected chi connectivity index (χ2v) is 8.88. The average molecular weight is 462 g/mol. The van der Waals surface area contributed by atoms with Crippen molar-refractivity contribution >= 4 is 51.9 Å². The van der Waals surface area contributed by atoms with Gasteiger partial charge in [-0.2, -0.15) is 4.98 Å². The molecule has 1 aliphatic rings. The van der Waals surface area contributed by atoms with Gasteiger partial charge in [0.2, 0.25) is 5.62 Å². The summed E-state index contributed by atoms with van der Waals surface area (Å²) in [5.74, 6) is 1.32. The number of hydrogen-bond acceptors (Lipinski definition) is 4. The van der Waals surface area contributed by atoms with E-state index in [1.165, 1.54) is 23.0 Å². The predicted molar refractivity (Wildman–Crippen MR) is 132 cm³/mol. The van der Waals surface area contributed by atoms with Crippen LogP contribution in [0.15, 0.2) is 60.7 Å². The van der Waals surface area contributed by atoms with Crippen LogP contribution in [-0.4, -0.2) is 22.9 Å². The summed E-state index contributed by atoms with van der Waals surface area (Å²) in [6.07, 6.45) is 3.63.